The van der Waals surface area contributed by atoms with Gasteiger partial charge in [0.25, 0.3) is 0 Å². The number of aromatic nitrogens is 2. The summed E-state index contributed by atoms with van der Waals surface area (Å²) in [5.41, 5.74) is -1.45. The van der Waals surface area contributed by atoms with E-state index in [1.165, 1.54) is 30.8 Å². The van der Waals surface area contributed by atoms with Gasteiger partial charge in [-0.1, -0.05) is 0 Å². The fraction of sp³-hybridized carbons (Fsp3) is 0.217. The second-order valence-corrected chi connectivity index (χ2v) is 7.80. The zero-order valence-corrected chi connectivity index (χ0v) is 18.7. The highest BCUT2D eigenvalue weighted by Gasteiger charge is 2.58. The molecule has 1 aromatic carbocycles. The van der Waals surface area contributed by atoms with E-state index in [4.69, 9.17) is 10.00 Å². The van der Waals surface area contributed by atoms with Crippen LogP contribution in [0.25, 0.3) is 0 Å². The molecule has 0 radical (unpaired) electrons. The molecule has 13 heteroatoms. The van der Waals surface area contributed by atoms with E-state index in [-0.39, 0.29) is 12.4 Å². The maximum atomic E-state index is 15.8. The number of halogens is 4. The Labute approximate surface area is 202 Å². The third-order valence-corrected chi connectivity index (χ3v) is 5.45. The smallest absolute Gasteiger partial charge is 0.323 e. The Bertz CT molecular complexity index is 1300. The first-order chi connectivity index (χ1) is 17.1. The van der Waals surface area contributed by atoms with Gasteiger partial charge in [0.1, 0.15) is 42.1 Å². The summed E-state index contributed by atoms with van der Waals surface area (Å²) in [4.78, 5) is 7.79. The van der Waals surface area contributed by atoms with Gasteiger partial charge < -0.3 is 9.84 Å². The molecule has 0 bridgehead atoms. The van der Waals surface area contributed by atoms with E-state index in [1.54, 1.807) is 12.1 Å². The van der Waals surface area contributed by atoms with Gasteiger partial charge in [-0.3, -0.25) is 15.4 Å². The molecule has 0 saturated carbocycles. The van der Waals surface area contributed by atoms with Crippen molar-refractivity contribution in [2.45, 2.75) is 18.1 Å². The first-order valence-electron chi connectivity index (χ1n) is 10.4. The van der Waals surface area contributed by atoms with Crippen molar-refractivity contribution in [1.29, 1.82) is 5.26 Å². The molecule has 4 rings (SSSR count). The quantitative estimate of drug-likeness (QED) is 0.454. The highest BCUT2D eigenvalue weighted by molar-refractivity contribution is 5.54. The molecule has 3 aromatic rings. The minimum atomic E-state index is -4.15. The van der Waals surface area contributed by atoms with Gasteiger partial charge in [0.05, 0.1) is 24.0 Å². The number of pyridine rings is 2. The number of nitrogens with zero attached hydrogens (tertiary/aromatic N) is 6. The fourth-order valence-corrected chi connectivity index (χ4v) is 3.45. The summed E-state index contributed by atoms with van der Waals surface area (Å²) in [6, 6.07) is 9.16. The second kappa shape index (κ2) is 9.76. The monoisotopic (exact) mass is 501 g/mol. The van der Waals surface area contributed by atoms with E-state index in [0.29, 0.717) is 17.3 Å². The van der Waals surface area contributed by atoms with Crippen LogP contribution in [0.2, 0.25) is 0 Å². The van der Waals surface area contributed by atoms with E-state index < -0.39 is 41.0 Å². The first kappa shape index (κ1) is 24.8. The SMILES string of the molecule is CN1NC=NN1CC(O)(c1ccc(F)cc1F)C(F)(F)c1ccc(OCc2ccc(C#N)cn2)cn1. The van der Waals surface area contributed by atoms with Crippen LogP contribution in [0.5, 0.6) is 5.75 Å². The van der Waals surface area contributed by atoms with Crippen molar-refractivity contribution in [2.75, 3.05) is 13.6 Å². The van der Waals surface area contributed by atoms with Gasteiger partial charge in [-0.15, -0.1) is 10.2 Å². The van der Waals surface area contributed by atoms with Crippen LogP contribution < -0.4 is 10.2 Å². The highest BCUT2D eigenvalue weighted by Crippen LogP contribution is 2.46. The summed E-state index contributed by atoms with van der Waals surface area (Å²) < 4.78 is 65.3. The number of aliphatic hydroxyl groups is 1. The molecule has 3 heterocycles. The van der Waals surface area contributed by atoms with Crippen molar-refractivity contribution < 1.29 is 27.4 Å². The van der Waals surface area contributed by atoms with E-state index >= 15 is 8.78 Å². The molecule has 186 valence electrons. The molecule has 1 atom stereocenters. The van der Waals surface area contributed by atoms with Crippen LogP contribution in [0.3, 0.4) is 0 Å². The summed E-state index contributed by atoms with van der Waals surface area (Å²) in [7, 11) is 1.44. The summed E-state index contributed by atoms with van der Waals surface area (Å²) in [5, 5.41) is 26.1. The van der Waals surface area contributed by atoms with Crippen molar-refractivity contribution in [3.05, 3.63) is 89.0 Å². The van der Waals surface area contributed by atoms with Crippen LogP contribution in [-0.4, -0.2) is 45.2 Å². The molecule has 1 unspecified atom stereocenters. The molecule has 1 aliphatic rings. The Morgan fingerprint density at radius 1 is 1.11 bits per heavy atom. The minimum absolute atomic E-state index is 0.0137. The highest BCUT2D eigenvalue weighted by atomic mass is 19.3. The number of hydrazine groups is 2. The Kier molecular flexibility index (Phi) is 6.73. The number of hydrogen-bond donors (Lipinski definition) is 2. The summed E-state index contributed by atoms with van der Waals surface area (Å²) in [6.07, 6.45) is 3.58. The summed E-state index contributed by atoms with van der Waals surface area (Å²) in [5.74, 6) is -6.37. The molecule has 0 aliphatic carbocycles. The zero-order chi connectivity index (χ0) is 25.9. The Hall–Kier alpha value is -4.28. The van der Waals surface area contributed by atoms with Crippen molar-refractivity contribution in [1.82, 2.24) is 25.6 Å². The van der Waals surface area contributed by atoms with Gasteiger partial charge >= 0.3 is 5.92 Å². The average Bonchev–Trinajstić information content (AvgIpc) is 3.26. The molecule has 0 fully saturated rings. The molecule has 2 aromatic heterocycles. The van der Waals surface area contributed by atoms with E-state index in [0.717, 1.165) is 29.5 Å². The topological polar surface area (TPSA) is 110 Å². The van der Waals surface area contributed by atoms with Crippen LogP contribution >= 0.6 is 0 Å². The second-order valence-electron chi connectivity index (χ2n) is 7.80. The minimum Gasteiger partial charge on any atom is -0.486 e. The lowest BCUT2D eigenvalue weighted by atomic mass is 9.84. The van der Waals surface area contributed by atoms with Gasteiger partial charge in [-0.25, -0.2) is 13.9 Å². The third-order valence-electron chi connectivity index (χ3n) is 5.45. The Balaban J connectivity index is 1.61. The number of rotatable bonds is 8. The maximum Gasteiger partial charge on any atom is 0.323 e. The standard InChI is InChI=1S/C23H19F4N7O2/c1-33-31-14-32-34(33)13-22(35,19-6-3-16(24)8-20(19)25)23(26,27)21-7-5-18(11-30-21)36-12-17-4-2-15(9-28)10-29-17/h2-8,10-11,14,35H,12-13H2,1H3,(H,31,32). The van der Waals surface area contributed by atoms with E-state index in [9.17, 15) is 13.9 Å². The number of ether oxygens (including phenoxy) is 1. The Morgan fingerprint density at radius 2 is 1.92 bits per heavy atom. The van der Waals surface area contributed by atoms with E-state index in [2.05, 4.69) is 20.5 Å². The molecule has 36 heavy (non-hydrogen) atoms. The molecule has 0 saturated heterocycles. The van der Waals surface area contributed by atoms with Crippen LogP contribution in [-0.2, 0) is 18.1 Å². The van der Waals surface area contributed by atoms with Crippen molar-refractivity contribution in [3.8, 4) is 11.8 Å². The van der Waals surface area contributed by atoms with Crippen LogP contribution in [0.15, 0.2) is 60.0 Å². The number of nitrogens with one attached hydrogen (secondary N) is 1. The maximum absolute atomic E-state index is 15.8. The predicted molar refractivity (Wildman–Crippen MR) is 118 cm³/mol. The number of nitriles is 1. The van der Waals surface area contributed by atoms with Gasteiger partial charge in [-0.2, -0.15) is 14.0 Å². The predicted octanol–water partition coefficient (Wildman–Crippen LogP) is 2.80. The Morgan fingerprint density at radius 3 is 2.50 bits per heavy atom. The lowest BCUT2D eigenvalue weighted by Gasteiger charge is -2.39. The molecule has 9 nitrogen and oxygen atoms in total. The van der Waals surface area contributed by atoms with Crippen molar-refractivity contribution in [2.24, 2.45) is 5.10 Å². The van der Waals surface area contributed by atoms with Crippen LogP contribution in [0, 0.1) is 23.0 Å². The van der Waals surface area contributed by atoms with Gasteiger partial charge in [0.15, 0.2) is 5.60 Å². The summed E-state index contributed by atoms with van der Waals surface area (Å²) >= 11 is 0. The first-order valence-corrected chi connectivity index (χ1v) is 10.4. The van der Waals surface area contributed by atoms with E-state index in [1.807, 2.05) is 6.07 Å². The number of benzene rings is 1. The van der Waals surface area contributed by atoms with Crippen LogP contribution in [0.1, 0.15) is 22.5 Å². The van der Waals surface area contributed by atoms with Crippen molar-refractivity contribution >= 4 is 6.34 Å². The number of alkyl halides is 2. The zero-order valence-electron chi connectivity index (χ0n) is 18.7. The molecule has 0 spiro atoms. The fourth-order valence-electron chi connectivity index (χ4n) is 3.45. The largest absolute Gasteiger partial charge is 0.486 e. The molecular formula is C23H19F4N7O2. The van der Waals surface area contributed by atoms with Gasteiger partial charge in [0.2, 0.25) is 0 Å². The average molecular weight is 501 g/mol. The number of hydrogen-bond acceptors (Lipinski definition) is 9. The molecule has 0 amide bonds. The summed E-state index contributed by atoms with van der Waals surface area (Å²) in [6.45, 7) is -0.910. The van der Waals surface area contributed by atoms with Crippen LogP contribution in [0.4, 0.5) is 17.6 Å². The van der Waals surface area contributed by atoms with Gasteiger partial charge in [-0.05, 0) is 36.4 Å². The lowest BCUT2D eigenvalue weighted by molar-refractivity contribution is -0.223. The number of hydrazone groups is 1. The molecule has 2 N–H and O–H groups in total. The normalized spacial score (nSPS) is 15.3. The molecule has 1 aliphatic heterocycles. The third kappa shape index (κ3) is 4.77. The van der Waals surface area contributed by atoms with Gasteiger partial charge in [0, 0.05) is 24.9 Å². The lowest BCUT2D eigenvalue weighted by Crippen LogP contribution is -2.54. The molecular weight excluding hydrogens is 482 g/mol. The van der Waals surface area contributed by atoms with Crippen molar-refractivity contribution in [3.63, 3.8) is 0 Å². The number of β-amino-alcohol motifs (C(OH)–C–C–N with tert-alkyl or cyclic N) is 1.